The highest BCUT2D eigenvalue weighted by Gasteiger charge is 2.03. The van der Waals surface area contributed by atoms with Gasteiger partial charge in [0.25, 0.3) is 0 Å². The van der Waals surface area contributed by atoms with E-state index in [1.165, 1.54) is 0 Å². The maximum absolute atomic E-state index is 6.00. The zero-order valence-electron chi connectivity index (χ0n) is 6.35. The largest absolute Gasteiger partial charge is 0.118 e. The lowest BCUT2D eigenvalue weighted by atomic mass is 10.1. The fourth-order valence-corrected chi connectivity index (χ4v) is 1.27. The van der Waals surface area contributed by atoms with Crippen LogP contribution in [0.4, 0.5) is 0 Å². The summed E-state index contributed by atoms with van der Waals surface area (Å²) in [4.78, 5) is 0. The predicted octanol–water partition coefficient (Wildman–Crippen LogP) is 4.03. The molecule has 0 saturated heterocycles. The van der Waals surface area contributed by atoms with Crippen molar-refractivity contribution in [1.29, 1.82) is 0 Å². The summed E-state index contributed by atoms with van der Waals surface area (Å²) in [6.45, 7) is 2.05. The molecule has 1 aromatic rings. The van der Waals surface area contributed by atoms with E-state index in [0.717, 1.165) is 17.0 Å². The van der Waals surface area contributed by atoms with Gasteiger partial charge in [0, 0.05) is 5.02 Å². The smallest absolute Gasteiger partial charge is 0.0583 e. The molecule has 0 spiro atoms. The van der Waals surface area contributed by atoms with Crippen LogP contribution in [0.15, 0.2) is 24.3 Å². The Morgan fingerprint density at radius 2 is 2.18 bits per heavy atom. The van der Waals surface area contributed by atoms with Crippen molar-refractivity contribution in [2.24, 2.45) is 0 Å². The minimum absolute atomic E-state index is 0.0914. The third-order valence-corrected chi connectivity index (χ3v) is 2.36. The molecule has 0 aliphatic carbocycles. The summed E-state index contributed by atoms with van der Waals surface area (Å²) in [5, 5.41) is 0.843. The van der Waals surface area contributed by atoms with Crippen LogP contribution in [-0.2, 0) is 0 Å². The van der Waals surface area contributed by atoms with Crippen molar-refractivity contribution in [3.05, 3.63) is 34.9 Å². The summed E-state index contributed by atoms with van der Waals surface area (Å²) < 4.78 is 0. The topological polar surface area (TPSA) is 0 Å². The lowest BCUT2D eigenvalue weighted by Crippen LogP contribution is -1.86. The molecule has 1 rings (SSSR count). The summed E-state index contributed by atoms with van der Waals surface area (Å²) >= 11 is 11.8. The predicted molar refractivity (Wildman–Crippen MR) is 50.3 cm³/mol. The van der Waals surface area contributed by atoms with Crippen LogP contribution in [0.2, 0.25) is 5.02 Å². The molecule has 1 atom stereocenters. The normalized spacial score (nSPS) is 13.0. The fourth-order valence-electron chi connectivity index (χ4n) is 0.937. The van der Waals surface area contributed by atoms with E-state index >= 15 is 0 Å². The number of rotatable bonds is 2. The van der Waals surface area contributed by atoms with Crippen molar-refractivity contribution in [3.63, 3.8) is 0 Å². The van der Waals surface area contributed by atoms with Crippen LogP contribution >= 0.6 is 23.2 Å². The molecule has 60 valence electrons. The molecule has 0 heterocycles. The van der Waals surface area contributed by atoms with Gasteiger partial charge < -0.3 is 0 Å². The number of halogens is 2. The third-order valence-electron chi connectivity index (χ3n) is 1.57. The van der Waals surface area contributed by atoms with Gasteiger partial charge in [-0.05, 0) is 24.1 Å². The van der Waals surface area contributed by atoms with Crippen molar-refractivity contribution in [3.8, 4) is 0 Å². The second kappa shape index (κ2) is 3.99. The van der Waals surface area contributed by atoms with Gasteiger partial charge >= 0.3 is 0 Å². The highest BCUT2D eigenvalue weighted by atomic mass is 35.5. The summed E-state index contributed by atoms with van der Waals surface area (Å²) in [5.41, 5.74) is 1.10. The zero-order chi connectivity index (χ0) is 8.27. The molecule has 0 aromatic heterocycles. The van der Waals surface area contributed by atoms with Gasteiger partial charge in [-0.2, -0.15) is 0 Å². The first-order valence-electron chi connectivity index (χ1n) is 3.63. The Bertz CT molecular complexity index is 233. The Balaban J connectivity index is 2.86. The van der Waals surface area contributed by atoms with E-state index in [0.29, 0.717) is 0 Å². The van der Waals surface area contributed by atoms with Crippen LogP contribution < -0.4 is 0 Å². The molecule has 0 saturated carbocycles. The van der Waals surface area contributed by atoms with Crippen LogP contribution in [0.25, 0.3) is 0 Å². The minimum atomic E-state index is 0.0914. The van der Waals surface area contributed by atoms with Crippen molar-refractivity contribution in [1.82, 2.24) is 0 Å². The monoisotopic (exact) mass is 188 g/mol. The standard InChI is InChI=1S/C9H10Cl2/c1-2-9(11)7-4-3-5-8(10)6-7/h3-6,9H,2H2,1H3. The number of hydrogen-bond acceptors (Lipinski definition) is 0. The van der Waals surface area contributed by atoms with Gasteiger partial charge in [0.1, 0.15) is 0 Å². The molecule has 0 N–H and O–H groups in total. The summed E-state index contributed by atoms with van der Waals surface area (Å²) in [6.07, 6.45) is 0.932. The van der Waals surface area contributed by atoms with E-state index in [1.807, 2.05) is 24.3 Å². The highest BCUT2D eigenvalue weighted by molar-refractivity contribution is 6.30. The average Bonchev–Trinajstić information content (AvgIpc) is 2.03. The van der Waals surface area contributed by atoms with Gasteiger partial charge in [-0.15, -0.1) is 11.6 Å². The fraction of sp³-hybridized carbons (Fsp3) is 0.333. The molecule has 0 aliphatic heterocycles. The molecule has 0 radical (unpaired) electrons. The maximum Gasteiger partial charge on any atom is 0.0583 e. The Morgan fingerprint density at radius 1 is 1.45 bits per heavy atom. The molecule has 11 heavy (non-hydrogen) atoms. The molecule has 1 unspecified atom stereocenters. The van der Waals surface area contributed by atoms with Crippen LogP contribution in [0.1, 0.15) is 24.3 Å². The van der Waals surface area contributed by atoms with E-state index in [2.05, 4.69) is 6.92 Å². The summed E-state index contributed by atoms with van der Waals surface area (Å²) in [7, 11) is 0. The molecule has 2 heteroatoms. The molecule has 0 aliphatic rings. The van der Waals surface area contributed by atoms with Crippen molar-refractivity contribution in [2.45, 2.75) is 18.7 Å². The molecular formula is C9H10Cl2. The minimum Gasteiger partial charge on any atom is -0.118 e. The van der Waals surface area contributed by atoms with Gasteiger partial charge in [-0.1, -0.05) is 30.7 Å². The maximum atomic E-state index is 6.00. The molecule has 0 bridgehead atoms. The van der Waals surface area contributed by atoms with Crippen LogP contribution in [0.5, 0.6) is 0 Å². The van der Waals surface area contributed by atoms with Gasteiger partial charge in [0.05, 0.1) is 5.38 Å². The van der Waals surface area contributed by atoms with Crippen molar-refractivity contribution < 1.29 is 0 Å². The lowest BCUT2D eigenvalue weighted by Gasteiger charge is -2.05. The van der Waals surface area contributed by atoms with Gasteiger partial charge in [-0.25, -0.2) is 0 Å². The Labute approximate surface area is 77.1 Å². The lowest BCUT2D eigenvalue weighted by molar-refractivity contribution is 0.884. The quantitative estimate of drug-likeness (QED) is 0.616. The highest BCUT2D eigenvalue weighted by Crippen LogP contribution is 2.25. The third kappa shape index (κ3) is 2.39. The number of hydrogen-bond donors (Lipinski definition) is 0. The summed E-state index contributed by atoms with van der Waals surface area (Å²) in [5.74, 6) is 0. The molecule has 0 amide bonds. The molecule has 0 fully saturated rings. The van der Waals surface area contributed by atoms with E-state index in [9.17, 15) is 0 Å². The van der Waals surface area contributed by atoms with E-state index in [4.69, 9.17) is 23.2 Å². The Kier molecular flexibility index (Phi) is 3.22. The van der Waals surface area contributed by atoms with E-state index in [-0.39, 0.29) is 5.38 Å². The molecular weight excluding hydrogens is 179 g/mol. The van der Waals surface area contributed by atoms with Gasteiger partial charge in [0.2, 0.25) is 0 Å². The Hall–Kier alpha value is -0.200. The molecule has 0 nitrogen and oxygen atoms in total. The van der Waals surface area contributed by atoms with Gasteiger partial charge in [-0.3, -0.25) is 0 Å². The Morgan fingerprint density at radius 3 is 2.73 bits per heavy atom. The second-order valence-corrected chi connectivity index (χ2v) is 3.39. The average molecular weight is 189 g/mol. The van der Waals surface area contributed by atoms with E-state index in [1.54, 1.807) is 0 Å². The van der Waals surface area contributed by atoms with Crippen LogP contribution in [0.3, 0.4) is 0 Å². The SMILES string of the molecule is CCC(Cl)c1cccc(Cl)c1. The van der Waals surface area contributed by atoms with Crippen molar-refractivity contribution >= 4 is 23.2 Å². The van der Waals surface area contributed by atoms with Gasteiger partial charge in [0.15, 0.2) is 0 Å². The van der Waals surface area contributed by atoms with Crippen LogP contribution in [0, 0.1) is 0 Å². The van der Waals surface area contributed by atoms with Crippen molar-refractivity contribution in [2.75, 3.05) is 0 Å². The second-order valence-electron chi connectivity index (χ2n) is 2.43. The first kappa shape index (κ1) is 8.89. The van der Waals surface area contributed by atoms with Crippen LogP contribution in [-0.4, -0.2) is 0 Å². The summed E-state index contributed by atoms with van der Waals surface area (Å²) in [6, 6.07) is 7.67. The first-order chi connectivity index (χ1) is 5.24. The molecule has 1 aromatic carbocycles. The number of benzene rings is 1. The zero-order valence-corrected chi connectivity index (χ0v) is 7.86. The van der Waals surface area contributed by atoms with E-state index < -0.39 is 0 Å². The first-order valence-corrected chi connectivity index (χ1v) is 4.45. The number of alkyl halides is 1.